The first-order valence-corrected chi connectivity index (χ1v) is 7.16. The van der Waals surface area contributed by atoms with Crippen LogP contribution in [0.4, 0.5) is 5.13 Å². The minimum Gasteiger partial charge on any atom is -0.497 e. The third-order valence-electron chi connectivity index (χ3n) is 2.61. The van der Waals surface area contributed by atoms with E-state index in [1.54, 1.807) is 14.2 Å². The first kappa shape index (κ1) is 14.1. The molecule has 19 heavy (non-hydrogen) atoms. The van der Waals surface area contributed by atoms with Gasteiger partial charge in [-0.3, -0.25) is 0 Å². The van der Waals surface area contributed by atoms with Gasteiger partial charge in [0.05, 0.1) is 14.2 Å². The number of halogens is 1. The summed E-state index contributed by atoms with van der Waals surface area (Å²) in [7, 11) is 5.27. The van der Waals surface area contributed by atoms with Gasteiger partial charge in [0, 0.05) is 19.2 Å². The van der Waals surface area contributed by atoms with Crippen LogP contribution < -0.4 is 14.4 Å². The number of aromatic nitrogens is 2. The van der Waals surface area contributed by atoms with E-state index in [2.05, 4.69) is 26.1 Å². The molecule has 0 unspecified atom stereocenters. The van der Waals surface area contributed by atoms with Gasteiger partial charge < -0.3 is 14.4 Å². The molecule has 0 N–H and O–H groups in total. The van der Waals surface area contributed by atoms with Crippen molar-refractivity contribution in [2.45, 2.75) is 6.54 Å². The second kappa shape index (κ2) is 6.21. The largest absolute Gasteiger partial charge is 0.497 e. The molecule has 0 bridgehead atoms. The van der Waals surface area contributed by atoms with Crippen molar-refractivity contribution in [2.75, 3.05) is 26.2 Å². The van der Waals surface area contributed by atoms with E-state index >= 15 is 0 Å². The van der Waals surface area contributed by atoms with E-state index in [1.807, 2.05) is 30.1 Å². The van der Waals surface area contributed by atoms with E-state index < -0.39 is 0 Å². The van der Waals surface area contributed by atoms with Gasteiger partial charge in [-0.05, 0) is 34.1 Å². The topological polar surface area (TPSA) is 47.5 Å². The van der Waals surface area contributed by atoms with Crippen molar-refractivity contribution in [1.82, 2.24) is 10.2 Å². The number of methoxy groups -OCH3 is 2. The average Bonchev–Trinajstić information content (AvgIpc) is 2.85. The van der Waals surface area contributed by atoms with Gasteiger partial charge in [0.1, 0.15) is 11.5 Å². The summed E-state index contributed by atoms with van der Waals surface area (Å²) in [5, 5.41) is 8.87. The summed E-state index contributed by atoms with van der Waals surface area (Å²) < 4.78 is 11.4. The van der Waals surface area contributed by atoms with Crippen LogP contribution >= 0.6 is 27.3 Å². The molecule has 0 amide bonds. The summed E-state index contributed by atoms with van der Waals surface area (Å²) in [5.74, 6) is 1.64. The minimum atomic E-state index is 0.669. The SMILES string of the molecule is COc1ccc(OC)c(CN(C)c2nnc(Br)s2)c1. The summed E-state index contributed by atoms with van der Waals surface area (Å²) in [6, 6.07) is 5.74. The minimum absolute atomic E-state index is 0.669. The van der Waals surface area contributed by atoms with E-state index in [9.17, 15) is 0 Å². The second-order valence-electron chi connectivity index (χ2n) is 3.87. The van der Waals surface area contributed by atoms with Crippen molar-refractivity contribution >= 4 is 32.4 Å². The lowest BCUT2D eigenvalue weighted by molar-refractivity contribution is 0.398. The monoisotopic (exact) mass is 343 g/mol. The molecule has 0 fully saturated rings. The molecule has 0 spiro atoms. The molecule has 0 atom stereocenters. The van der Waals surface area contributed by atoms with Crippen LogP contribution in [-0.4, -0.2) is 31.5 Å². The van der Waals surface area contributed by atoms with Crippen LogP contribution in [0, 0.1) is 0 Å². The van der Waals surface area contributed by atoms with E-state index in [4.69, 9.17) is 9.47 Å². The summed E-state index contributed by atoms with van der Waals surface area (Å²) >= 11 is 4.80. The Morgan fingerprint density at radius 1 is 1.26 bits per heavy atom. The lowest BCUT2D eigenvalue weighted by Gasteiger charge is -2.17. The Balaban J connectivity index is 2.21. The molecule has 0 saturated heterocycles. The Bertz CT molecular complexity index is 562. The zero-order chi connectivity index (χ0) is 13.8. The van der Waals surface area contributed by atoms with Crippen molar-refractivity contribution in [1.29, 1.82) is 0 Å². The Kier molecular flexibility index (Phi) is 4.60. The number of rotatable bonds is 5. The highest BCUT2D eigenvalue weighted by molar-refractivity contribution is 9.11. The van der Waals surface area contributed by atoms with Gasteiger partial charge in [0.25, 0.3) is 0 Å². The quantitative estimate of drug-likeness (QED) is 0.835. The summed E-state index contributed by atoms with van der Waals surface area (Å²) in [6.07, 6.45) is 0. The molecule has 7 heteroatoms. The smallest absolute Gasteiger partial charge is 0.209 e. The Morgan fingerprint density at radius 3 is 2.63 bits per heavy atom. The van der Waals surface area contributed by atoms with Crippen LogP contribution in [0.25, 0.3) is 0 Å². The summed E-state index contributed by atoms with van der Waals surface area (Å²) in [4.78, 5) is 2.01. The highest BCUT2D eigenvalue weighted by Gasteiger charge is 2.12. The van der Waals surface area contributed by atoms with Gasteiger partial charge in [0.2, 0.25) is 5.13 Å². The molecular formula is C12H14BrN3O2S. The fraction of sp³-hybridized carbons (Fsp3) is 0.333. The fourth-order valence-corrected chi connectivity index (χ4v) is 2.73. The van der Waals surface area contributed by atoms with Gasteiger partial charge >= 0.3 is 0 Å². The standard InChI is InChI=1S/C12H14BrN3O2S/c1-16(12-15-14-11(13)19-12)7-8-6-9(17-2)4-5-10(8)18-3/h4-6H,7H2,1-3H3. The van der Waals surface area contributed by atoms with Crippen LogP contribution in [0.1, 0.15) is 5.56 Å². The molecule has 0 radical (unpaired) electrons. The van der Waals surface area contributed by atoms with Crippen molar-refractivity contribution in [3.8, 4) is 11.5 Å². The third kappa shape index (κ3) is 3.36. The molecular weight excluding hydrogens is 330 g/mol. The lowest BCUT2D eigenvalue weighted by atomic mass is 10.2. The number of nitrogens with zero attached hydrogens (tertiary/aromatic N) is 3. The molecule has 1 aromatic heterocycles. The molecule has 2 aromatic rings. The Morgan fingerprint density at radius 2 is 2.05 bits per heavy atom. The van der Waals surface area contributed by atoms with Crippen molar-refractivity contribution in [2.24, 2.45) is 0 Å². The second-order valence-corrected chi connectivity index (χ2v) is 6.10. The van der Waals surface area contributed by atoms with Gasteiger partial charge in [0.15, 0.2) is 3.92 Å². The van der Waals surface area contributed by atoms with Gasteiger partial charge in [-0.1, -0.05) is 11.3 Å². The molecule has 0 aliphatic heterocycles. The summed E-state index contributed by atoms with van der Waals surface area (Å²) in [6.45, 7) is 0.669. The van der Waals surface area contributed by atoms with E-state index in [-0.39, 0.29) is 0 Å². The molecule has 1 aromatic carbocycles. The molecule has 0 aliphatic rings. The van der Waals surface area contributed by atoms with Crippen LogP contribution in [0.5, 0.6) is 11.5 Å². The predicted molar refractivity (Wildman–Crippen MR) is 79.3 cm³/mol. The zero-order valence-corrected chi connectivity index (χ0v) is 13.3. The van der Waals surface area contributed by atoms with Gasteiger partial charge in [-0.15, -0.1) is 10.2 Å². The number of anilines is 1. The highest BCUT2D eigenvalue weighted by atomic mass is 79.9. The maximum atomic E-state index is 5.36. The van der Waals surface area contributed by atoms with E-state index in [1.165, 1.54) is 11.3 Å². The van der Waals surface area contributed by atoms with Crippen LogP contribution in [0.15, 0.2) is 22.1 Å². The summed E-state index contributed by atoms with van der Waals surface area (Å²) in [5.41, 5.74) is 1.04. The highest BCUT2D eigenvalue weighted by Crippen LogP contribution is 2.28. The van der Waals surface area contributed by atoms with Crippen LogP contribution in [0.3, 0.4) is 0 Å². The first-order valence-electron chi connectivity index (χ1n) is 5.55. The molecule has 2 rings (SSSR count). The molecule has 0 aliphatic carbocycles. The van der Waals surface area contributed by atoms with Crippen molar-refractivity contribution in [3.63, 3.8) is 0 Å². The maximum Gasteiger partial charge on any atom is 0.209 e. The number of hydrogen-bond acceptors (Lipinski definition) is 6. The van der Waals surface area contributed by atoms with Crippen LogP contribution in [-0.2, 0) is 6.54 Å². The Hall–Kier alpha value is -1.34. The van der Waals surface area contributed by atoms with E-state index in [0.717, 1.165) is 26.1 Å². The Labute approximate surface area is 124 Å². The maximum absolute atomic E-state index is 5.36. The zero-order valence-electron chi connectivity index (χ0n) is 10.9. The number of benzene rings is 1. The first-order chi connectivity index (χ1) is 9.13. The van der Waals surface area contributed by atoms with Gasteiger partial charge in [-0.25, -0.2) is 0 Å². The number of hydrogen-bond donors (Lipinski definition) is 0. The average molecular weight is 344 g/mol. The third-order valence-corrected chi connectivity index (χ3v) is 4.08. The fourth-order valence-electron chi connectivity index (χ4n) is 1.68. The van der Waals surface area contributed by atoms with Crippen LogP contribution in [0.2, 0.25) is 0 Å². The van der Waals surface area contributed by atoms with Gasteiger partial charge in [-0.2, -0.15) is 0 Å². The molecule has 1 heterocycles. The molecule has 0 saturated carbocycles. The predicted octanol–water partition coefficient (Wildman–Crippen LogP) is 2.95. The number of ether oxygens (including phenoxy) is 2. The van der Waals surface area contributed by atoms with Crippen molar-refractivity contribution in [3.05, 3.63) is 27.7 Å². The molecule has 102 valence electrons. The molecule has 5 nitrogen and oxygen atoms in total. The van der Waals surface area contributed by atoms with Crippen molar-refractivity contribution < 1.29 is 9.47 Å². The van der Waals surface area contributed by atoms with E-state index in [0.29, 0.717) is 6.54 Å². The normalized spacial score (nSPS) is 10.3. The lowest BCUT2D eigenvalue weighted by Crippen LogP contribution is -2.16.